The fourth-order valence-corrected chi connectivity index (χ4v) is 7.28. The lowest BCUT2D eigenvalue weighted by molar-refractivity contribution is -0.207. The Balaban J connectivity index is 1.00. The van der Waals surface area contributed by atoms with E-state index in [0.29, 0.717) is 17.3 Å². The lowest BCUT2D eigenvalue weighted by Crippen LogP contribution is -2.48. The molecule has 0 spiro atoms. The van der Waals surface area contributed by atoms with E-state index < -0.39 is 53.1 Å². The molecule has 0 radical (unpaired) electrons. The van der Waals surface area contributed by atoms with Crippen molar-refractivity contribution in [3.05, 3.63) is 131 Å². The maximum Gasteiger partial charge on any atom is 0.350 e. The number of piperazine rings is 1. The second-order valence-corrected chi connectivity index (χ2v) is 14.2. The number of benzene rings is 3. The van der Waals surface area contributed by atoms with E-state index in [9.17, 15) is 23.8 Å². The predicted molar refractivity (Wildman–Crippen MR) is 199 cm³/mol. The first-order chi connectivity index (χ1) is 26.8. The van der Waals surface area contributed by atoms with E-state index in [1.165, 1.54) is 27.8 Å². The Bertz CT molecular complexity index is 2300. The van der Waals surface area contributed by atoms with Crippen LogP contribution in [0.5, 0.6) is 0 Å². The Kier molecular flexibility index (Phi) is 10.5. The highest BCUT2D eigenvalue weighted by atomic mass is 19.3. The summed E-state index contributed by atoms with van der Waals surface area (Å²) in [6.45, 7) is 7.60. The third kappa shape index (κ3) is 7.26. The van der Waals surface area contributed by atoms with E-state index in [4.69, 9.17) is 0 Å². The summed E-state index contributed by atoms with van der Waals surface area (Å²) in [4.78, 5) is 21.6. The van der Waals surface area contributed by atoms with Crippen LogP contribution in [0.3, 0.4) is 0 Å². The summed E-state index contributed by atoms with van der Waals surface area (Å²) < 4.78 is 64.5. The molecule has 6 aromatic rings. The zero-order valence-electron chi connectivity index (χ0n) is 30.8. The molecular formula is C39H40F4N10O3. The lowest BCUT2D eigenvalue weighted by Gasteiger charge is -2.37. The highest BCUT2D eigenvalue weighted by Gasteiger charge is 2.58. The number of anilines is 2. The Morgan fingerprint density at radius 3 is 1.95 bits per heavy atom. The Hall–Kier alpha value is -5.94. The Morgan fingerprint density at radius 2 is 1.41 bits per heavy atom. The molecule has 292 valence electrons. The second-order valence-electron chi connectivity index (χ2n) is 14.2. The van der Waals surface area contributed by atoms with E-state index >= 15 is 8.78 Å². The molecule has 0 aliphatic carbocycles. The normalized spacial score (nSPS) is 15.9. The van der Waals surface area contributed by atoms with Crippen LogP contribution in [0.4, 0.5) is 28.9 Å². The number of aliphatic hydroxyl groups is 2. The van der Waals surface area contributed by atoms with E-state index in [1.807, 2.05) is 62.4 Å². The van der Waals surface area contributed by atoms with Gasteiger partial charge >= 0.3 is 11.6 Å². The molecule has 2 N–H and O–H groups in total. The molecule has 0 amide bonds. The molecule has 0 saturated carbocycles. The molecule has 1 aliphatic rings. The third-order valence-electron chi connectivity index (χ3n) is 10.3. The minimum atomic E-state index is -4.16. The lowest BCUT2D eigenvalue weighted by atomic mass is 9.84. The number of aliphatic hydroxyl groups excluding tert-OH is 1. The van der Waals surface area contributed by atoms with Gasteiger partial charge in [-0.15, -0.1) is 5.10 Å². The largest absolute Gasteiger partial charge is 0.391 e. The van der Waals surface area contributed by atoms with Crippen LogP contribution in [0.1, 0.15) is 38.1 Å². The van der Waals surface area contributed by atoms with Crippen LogP contribution in [0, 0.1) is 17.6 Å². The van der Waals surface area contributed by atoms with E-state index in [2.05, 4.69) is 35.4 Å². The quantitative estimate of drug-likeness (QED) is 0.164. The Morgan fingerprint density at radius 1 is 0.804 bits per heavy atom. The molecule has 4 heterocycles. The van der Waals surface area contributed by atoms with Gasteiger partial charge in [-0.2, -0.15) is 13.9 Å². The molecule has 3 atom stereocenters. The molecule has 1 saturated heterocycles. The van der Waals surface area contributed by atoms with Crippen molar-refractivity contribution in [2.45, 2.75) is 51.0 Å². The number of hydrogen-bond acceptors (Lipinski definition) is 10. The van der Waals surface area contributed by atoms with Crippen LogP contribution in [0.2, 0.25) is 0 Å². The van der Waals surface area contributed by atoms with Crippen molar-refractivity contribution in [3.63, 3.8) is 0 Å². The van der Waals surface area contributed by atoms with Gasteiger partial charge in [0.2, 0.25) is 0 Å². The molecule has 3 aromatic carbocycles. The first-order valence-corrected chi connectivity index (χ1v) is 18.0. The van der Waals surface area contributed by atoms with Crippen molar-refractivity contribution in [2.24, 2.45) is 5.92 Å². The average Bonchev–Trinajstić information content (AvgIpc) is 3.84. The molecule has 0 bridgehead atoms. The minimum Gasteiger partial charge on any atom is -0.391 e. The monoisotopic (exact) mass is 772 g/mol. The van der Waals surface area contributed by atoms with Crippen molar-refractivity contribution in [1.29, 1.82) is 0 Å². The molecule has 13 nitrogen and oxygen atoms in total. The summed E-state index contributed by atoms with van der Waals surface area (Å²) in [7, 11) is 0. The van der Waals surface area contributed by atoms with Crippen LogP contribution >= 0.6 is 0 Å². The number of aromatic nitrogens is 8. The summed E-state index contributed by atoms with van der Waals surface area (Å²) in [5, 5.41) is 36.3. The van der Waals surface area contributed by atoms with Gasteiger partial charge in [0, 0.05) is 60.9 Å². The minimum absolute atomic E-state index is 0.0199. The molecule has 3 aromatic heterocycles. The van der Waals surface area contributed by atoms with Crippen LogP contribution in [-0.2, 0) is 18.1 Å². The smallest absolute Gasteiger partial charge is 0.350 e. The average molecular weight is 773 g/mol. The number of hydrogen-bond donors (Lipinski definition) is 2. The van der Waals surface area contributed by atoms with E-state index in [-0.39, 0.29) is 11.6 Å². The fraction of sp³-hybridized carbons (Fsp3) is 0.333. The summed E-state index contributed by atoms with van der Waals surface area (Å²) in [6, 6.07) is 19.4. The number of rotatable bonds is 12. The van der Waals surface area contributed by atoms with Crippen LogP contribution < -0.4 is 15.5 Å². The van der Waals surface area contributed by atoms with Crippen molar-refractivity contribution in [2.75, 3.05) is 36.0 Å². The predicted octanol–water partition coefficient (Wildman–Crippen LogP) is 4.95. The van der Waals surface area contributed by atoms with Gasteiger partial charge in [0.15, 0.2) is 5.60 Å². The van der Waals surface area contributed by atoms with Crippen molar-refractivity contribution < 1.29 is 27.8 Å². The van der Waals surface area contributed by atoms with Gasteiger partial charge in [-0.05, 0) is 83.4 Å². The summed E-state index contributed by atoms with van der Waals surface area (Å²) >= 11 is 0. The van der Waals surface area contributed by atoms with E-state index in [1.54, 1.807) is 6.92 Å². The molecule has 17 heteroatoms. The van der Waals surface area contributed by atoms with Crippen molar-refractivity contribution in [1.82, 2.24) is 39.5 Å². The number of halogens is 4. The third-order valence-corrected chi connectivity index (χ3v) is 10.3. The van der Waals surface area contributed by atoms with Crippen molar-refractivity contribution >= 4 is 11.4 Å². The zero-order valence-corrected chi connectivity index (χ0v) is 30.8. The molecule has 7 rings (SSSR count). The molecule has 2 unspecified atom stereocenters. The number of alkyl halides is 2. The SMILES string of the molecule is CC(C)C(C(C)O)n1ncn(-c2ccc(N3CCN(c4ccc(-c5ccc(C(F)(F)[C@](O)(Cn6cnnn6)c6ccc(F)cc6F)nc5)cc4)CC3)cc2)c1=O. The number of tetrazole rings is 1. The molecular weight excluding hydrogens is 732 g/mol. The first-order valence-electron chi connectivity index (χ1n) is 18.0. The van der Waals surface area contributed by atoms with Gasteiger partial charge < -0.3 is 20.0 Å². The van der Waals surface area contributed by atoms with Gasteiger partial charge in [-0.3, -0.25) is 4.98 Å². The highest BCUT2D eigenvalue weighted by molar-refractivity contribution is 5.66. The standard InChI is InChI=1S/C39H40F4N10O3/c1-25(2)36(26(3)54)53-37(55)52(24-46-53)32-12-10-31(11-13-32)50-18-16-49(17-19-50)30-8-4-27(5-9-30)28-6-15-35(44-21-28)39(42,43)38(56,22-51-23-45-47-48-51)33-14-7-29(40)20-34(33)41/h4-15,20-21,23-26,36,54,56H,16-19,22H2,1-3H3/t26?,36?,38-/m0/s1. The molecule has 1 fully saturated rings. The molecule has 56 heavy (non-hydrogen) atoms. The summed E-state index contributed by atoms with van der Waals surface area (Å²) in [5.74, 6) is -6.49. The number of pyridine rings is 1. The van der Waals surface area contributed by atoms with Gasteiger partial charge in [0.05, 0.1) is 24.4 Å². The summed E-state index contributed by atoms with van der Waals surface area (Å²) in [6.07, 6.45) is 2.99. The van der Waals surface area contributed by atoms with Crippen LogP contribution in [0.15, 0.2) is 103 Å². The van der Waals surface area contributed by atoms with Crippen molar-refractivity contribution in [3.8, 4) is 16.8 Å². The highest BCUT2D eigenvalue weighted by Crippen LogP contribution is 2.47. The second kappa shape index (κ2) is 15.3. The maximum absolute atomic E-state index is 16.2. The van der Waals surface area contributed by atoms with Gasteiger partial charge in [0.25, 0.3) is 0 Å². The molecule has 1 aliphatic heterocycles. The van der Waals surface area contributed by atoms with E-state index in [0.717, 1.165) is 72.3 Å². The topological polar surface area (TPSA) is 143 Å². The van der Waals surface area contributed by atoms with Gasteiger partial charge in [0.1, 0.15) is 30.0 Å². The van der Waals surface area contributed by atoms with Crippen LogP contribution in [0.25, 0.3) is 16.8 Å². The van der Waals surface area contributed by atoms with Gasteiger partial charge in [-0.25, -0.2) is 27.5 Å². The first kappa shape index (κ1) is 38.3. The Labute approximate surface area is 319 Å². The fourth-order valence-electron chi connectivity index (χ4n) is 7.28. The maximum atomic E-state index is 16.2. The number of nitrogens with zero attached hydrogens (tertiary/aromatic N) is 10. The zero-order chi connectivity index (χ0) is 39.8. The van der Waals surface area contributed by atoms with Gasteiger partial charge in [-0.1, -0.05) is 32.0 Å². The summed E-state index contributed by atoms with van der Waals surface area (Å²) in [5.41, 5.74) is -1.26. The van der Waals surface area contributed by atoms with Crippen LogP contribution in [-0.4, -0.2) is 82.0 Å².